The number of carbonyl (C=O) groups is 2. The highest BCUT2D eigenvalue weighted by molar-refractivity contribution is 5.88. The minimum absolute atomic E-state index is 0.131. The molecule has 3 saturated heterocycles. The van der Waals surface area contributed by atoms with Gasteiger partial charge < -0.3 is 18.9 Å². The van der Waals surface area contributed by atoms with Crippen LogP contribution in [-0.4, -0.2) is 49.6 Å². The van der Waals surface area contributed by atoms with E-state index < -0.39 is 0 Å². The summed E-state index contributed by atoms with van der Waals surface area (Å²) in [5, 5.41) is 0. The van der Waals surface area contributed by atoms with Gasteiger partial charge in [-0.15, -0.1) is 0 Å². The predicted molar refractivity (Wildman–Crippen MR) is 92.3 cm³/mol. The van der Waals surface area contributed by atoms with E-state index in [-0.39, 0.29) is 24.0 Å². The Labute approximate surface area is 154 Å². The van der Waals surface area contributed by atoms with Crippen molar-refractivity contribution in [3.05, 3.63) is 11.6 Å². The first-order valence-corrected chi connectivity index (χ1v) is 9.91. The lowest BCUT2D eigenvalue weighted by molar-refractivity contribution is -0.196. The molecule has 3 heterocycles. The Morgan fingerprint density at radius 2 is 2.04 bits per heavy atom. The van der Waals surface area contributed by atoms with E-state index in [1.165, 1.54) is 0 Å². The Balaban J connectivity index is 1.08. The van der Waals surface area contributed by atoms with Crippen molar-refractivity contribution in [2.75, 3.05) is 13.2 Å². The molecule has 6 heteroatoms. The molecule has 0 amide bonds. The number of hydrogen-bond acceptors (Lipinski definition) is 6. The molecule has 26 heavy (non-hydrogen) atoms. The van der Waals surface area contributed by atoms with E-state index in [1.54, 1.807) is 0 Å². The van der Waals surface area contributed by atoms with E-state index in [9.17, 15) is 9.59 Å². The maximum atomic E-state index is 12.1. The molecule has 6 atom stereocenters. The zero-order valence-corrected chi connectivity index (χ0v) is 15.4. The van der Waals surface area contributed by atoms with Gasteiger partial charge in [0, 0.05) is 30.8 Å². The SMILES string of the molecule is CC(CCC(=O)OCC1CCC2CC1O2)COC(=O)C1=CCC2OC2C1. The number of esters is 2. The Hall–Kier alpha value is -1.40. The van der Waals surface area contributed by atoms with E-state index in [0.717, 1.165) is 31.3 Å². The van der Waals surface area contributed by atoms with E-state index >= 15 is 0 Å². The molecule has 1 saturated carbocycles. The Morgan fingerprint density at radius 3 is 2.77 bits per heavy atom. The van der Waals surface area contributed by atoms with Gasteiger partial charge in [-0.25, -0.2) is 4.79 Å². The first-order chi connectivity index (χ1) is 12.6. The van der Waals surface area contributed by atoms with Crippen LogP contribution in [0, 0.1) is 11.8 Å². The van der Waals surface area contributed by atoms with Crippen molar-refractivity contribution >= 4 is 11.9 Å². The molecule has 0 aromatic heterocycles. The first kappa shape index (κ1) is 18.0. The predicted octanol–water partition coefficient (Wildman–Crippen LogP) is 2.54. The third kappa shape index (κ3) is 4.29. The molecule has 2 bridgehead atoms. The zero-order valence-electron chi connectivity index (χ0n) is 15.4. The van der Waals surface area contributed by atoms with Gasteiger partial charge in [-0.2, -0.15) is 0 Å². The first-order valence-electron chi connectivity index (χ1n) is 9.91. The maximum absolute atomic E-state index is 12.1. The molecule has 0 N–H and O–H groups in total. The summed E-state index contributed by atoms with van der Waals surface area (Å²) in [5.74, 6) is 0.0770. The molecule has 5 rings (SSSR count). The van der Waals surface area contributed by atoms with Crippen molar-refractivity contribution in [3.8, 4) is 0 Å². The molecule has 4 fully saturated rings. The van der Waals surface area contributed by atoms with Gasteiger partial charge in [-0.05, 0) is 31.6 Å². The minimum atomic E-state index is -0.246. The average molecular weight is 364 g/mol. The summed E-state index contributed by atoms with van der Waals surface area (Å²) >= 11 is 0. The van der Waals surface area contributed by atoms with Crippen LogP contribution in [0.5, 0.6) is 0 Å². The summed E-state index contributed by atoms with van der Waals surface area (Å²) in [6.45, 7) is 2.79. The van der Waals surface area contributed by atoms with Gasteiger partial charge in [0.05, 0.1) is 37.6 Å². The van der Waals surface area contributed by atoms with Crippen LogP contribution < -0.4 is 0 Å². The molecular weight excluding hydrogens is 336 g/mol. The molecule has 0 aromatic rings. The van der Waals surface area contributed by atoms with E-state index in [0.29, 0.717) is 56.7 Å². The Morgan fingerprint density at radius 1 is 1.19 bits per heavy atom. The van der Waals surface area contributed by atoms with E-state index in [2.05, 4.69) is 0 Å². The molecule has 6 nitrogen and oxygen atoms in total. The highest BCUT2D eigenvalue weighted by Gasteiger charge is 2.43. The third-order valence-corrected chi connectivity index (χ3v) is 6.01. The van der Waals surface area contributed by atoms with Gasteiger partial charge in [0.15, 0.2) is 0 Å². The second kappa shape index (κ2) is 7.69. The fourth-order valence-corrected chi connectivity index (χ4v) is 4.08. The molecule has 0 aromatic carbocycles. The number of fused-ring (bicyclic) bond motifs is 3. The Kier molecular flexibility index (Phi) is 5.32. The third-order valence-electron chi connectivity index (χ3n) is 6.01. The average Bonchev–Trinajstić information content (AvgIpc) is 3.40. The van der Waals surface area contributed by atoms with Crippen LogP contribution in [0.15, 0.2) is 11.6 Å². The summed E-state index contributed by atoms with van der Waals surface area (Å²) in [4.78, 5) is 24.0. The minimum Gasteiger partial charge on any atom is -0.465 e. The van der Waals surface area contributed by atoms with Crippen molar-refractivity contribution in [1.29, 1.82) is 0 Å². The Bertz CT molecular complexity index is 576. The molecule has 144 valence electrons. The molecule has 3 aliphatic heterocycles. The standard InChI is InChI=1S/C20H28O6/c1-12(10-24-20(22)13-4-6-16-18(8-13)26-16)2-7-19(21)23-11-14-3-5-15-9-17(14)25-15/h4,12,14-18H,2-3,5-11H2,1H3. The van der Waals surface area contributed by atoms with Crippen LogP contribution in [0.25, 0.3) is 0 Å². The second-order valence-electron chi connectivity index (χ2n) is 8.18. The summed E-state index contributed by atoms with van der Waals surface area (Å²) in [6.07, 6.45) is 9.02. The molecule has 6 unspecified atom stereocenters. The largest absolute Gasteiger partial charge is 0.465 e. The normalized spacial score (nSPS) is 35.4. The van der Waals surface area contributed by atoms with Gasteiger partial charge in [-0.3, -0.25) is 4.79 Å². The van der Waals surface area contributed by atoms with Crippen molar-refractivity contribution < 1.29 is 28.5 Å². The second-order valence-corrected chi connectivity index (χ2v) is 8.18. The lowest BCUT2D eigenvalue weighted by Crippen LogP contribution is -2.49. The number of epoxide rings is 1. The fourth-order valence-electron chi connectivity index (χ4n) is 4.08. The van der Waals surface area contributed by atoms with Crippen molar-refractivity contribution in [1.82, 2.24) is 0 Å². The van der Waals surface area contributed by atoms with Crippen molar-refractivity contribution in [2.24, 2.45) is 11.8 Å². The van der Waals surface area contributed by atoms with Crippen LogP contribution in [0.3, 0.4) is 0 Å². The van der Waals surface area contributed by atoms with Gasteiger partial charge in [0.2, 0.25) is 0 Å². The highest BCUT2D eigenvalue weighted by atomic mass is 16.6. The molecule has 0 radical (unpaired) electrons. The van der Waals surface area contributed by atoms with Crippen LogP contribution in [0.4, 0.5) is 0 Å². The monoisotopic (exact) mass is 364 g/mol. The van der Waals surface area contributed by atoms with Crippen LogP contribution in [-0.2, 0) is 28.5 Å². The van der Waals surface area contributed by atoms with Crippen molar-refractivity contribution in [3.63, 3.8) is 0 Å². The smallest absolute Gasteiger partial charge is 0.333 e. The molecule has 5 aliphatic rings. The highest BCUT2D eigenvalue weighted by Crippen LogP contribution is 2.39. The topological polar surface area (TPSA) is 74.4 Å². The van der Waals surface area contributed by atoms with Crippen molar-refractivity contribution in [2.45, 2.75) is 76.3 Å². The maximum Gasteiger partial charge on any atom is 0.333 e. The molecular formula is C20H28O6. The lowest BCUT2D eigenvalue weighted by Gasteiger charge is -2.46. The number of hydrogen-bond donors (Lipinski definition) is 0. The van der Waals surface area contributed by atoms with Crippen LogP contribution in [0.1, 0.15) is 51.9 Å². The van der Waals surface area contributed by atoms with Gasteiger partial charge in [-0.1, -0.05) is 13.0 Å². The summed E-state index contributed by atoms with van der Waals surface area (Å²) in [5.41, 5.74) is 0.725. The number of rotatable bonds is 8. The van der Waals surface area contributed by atoms with Gasteiger partial charge in [0.1, 0.15) is 0 Å². The zero-order chi connectivity index (χ0) is 18.1. The summed E-state index contributed by atoms with van der Waals surface area (Å²) < 4.78 is 21.9. The lowest BCUT2D eigenvalue weighted by atomic mass is 9.80. The van der Waals surface area contributed by atoms with E-state index in [1.807, 2.05) is 13.0 Å². The van der Waals surface area contributed by atoms with Crippen LogP contribution in [0.2, 0.25) is 0 Å². The quantitative estimate of drug-likeness (QED) is 0.487. The summed E-state index contributed by atoms with van der Waals surface area (Å²) in [6, 6.07) is 0. The van der Waals surface area contributed by atoms with E-state index in [4.69, 9.17) is 18.9 Å². The van der Waals surface area contributed by atoms with Gasteiger partial charge in [0.25, 0.3) is 0 Å². The number of ether oxygens (including phenoxy) is 4. The van der Waals surface area contributed by atoms with Crippen LogP contribution >= 0.6 is 0 Å². The van der Waals surface area contributed by atoms with Gasteiger partial charge >= 0.3 is 11.9 Å². The number of carbonyl (C=O) groups excluding carboxylic acids is 2. The fraction of sp³-hybridized carbons (Fsp3) is 0.800. The molecule has 0 spiro atoms. The summed E-state index contributed by atoms with van der Waals surface area (Å²) in [7, 11) is 0. The molecule has 2 aliphatic carbocycles.